The second-order valence-electron chi connectivity index (χ2n) is 10.5. The first-order valence-corrected chi connectivity index (χ1v) is 13.3. The van der Waals surface area contributed by atoms with E-state index in [0.29, 0.717) is 23.3 Å². The van der Waals surface area contributed by atoms with Crippen molar-refractivity contribution in [3.63, 3.8) is 0 Å². The summed E-state index contributed by atoms with van der Waals surface area (Å²) in [7, 11) is -3.51. The van der Waals surface area contributed by atoms with Gasteiger partial charge in [0.05, 0.1) is 17.1 Å². The van der Waals surface area contributed by atoms with E-state index in [2.05, 4.69) is 60.1 Å². The highest BCUT2D eigenvalue weighted by Crippen LogP contribution is 2.44. The average Bonchev–Trinajstić information content (AvgIpc) is 3.47. The van der Waals surface area contributed by atoms with Crippen molar-refractivity contribution in [1.29, 1.82) is 0 Å². The third-order valence-corrected chi connectivity index (χ3v) is 8.03. The second kappa shape index (κ2) is 8.08. The number of hydrogen-bond donors (Lipinski definition) is 3. The van der Waals surface area contributed by atoms with E-state index in [0.717, 1.165) is 36.3 Å². The summed E-state index contributed by atoms with van der Waals surface area (Å²) < 4.78 is 40.8. The van der Waals surface area contributed by atoms with E-state index in [-0.39, 0.29) is 22.4 Å². The number of nitrogens with one attached hydrogen (secondary N) is 3. The molecular weight excluding hydrogens is 453 g/mol. The van der Waals surface area contributed by atoms with Crippen molar-refractivity contribution < 1.29 is 12.8 Å². The highest BCUT2D eigenvalue weighted by atomic mass is 32.2. The molecule has 1 aliphatic carbocycles. The van der Waals surface area contributed by atoms with Crippen LogP contribution in [0.15, 0.2) is 30.3 Å². The Morgan fingerprint density at radius 1 is 1.12 bits per heavy atom. The Hall–Kier alpha value is -2.94. The van der Waals surface area contributed by atoms with Crippen LogP contribution in [0.1, 0.15) is 80.1 Å². The van der Waals surface area contributed by atoms with Crippen molar-refractivity contribution in [2.24, 2.45) is 0 Å². The zero-order chi connectivity index (χ0) is 24.3. The Balaban J connectivity index is 1.30. The number of pyridine rings is 1. The molecule has 2 aliphatic rings. The van der Waals surface area contributed by atoms with Gasteiger partial charge in [-0.15, -0.1) is 0 Å². The fourth-order valence-corrected chi connectivity index (χ4v) is 6.23. The summed E-state index contributed by atoms with van der Waals surface area (Å²) in [5.74, 6) is 0.302. The van der Waals surface area contributed by atoms with Gasteiger partial charge in [0, 0.05) is 40.5 Å². The number of aromatic nitrogens is 3. The van der Waals surface area contributed by atoms with Gasteiger partial charge in [-0.1, -0.05) is 20.8 Å². The molecule has 2 aromatic heterocycles. The van der Waals surface area contributed by atoms with Crippen molar-refractivity contribution in [1.82, 2.24) is 15.2 Å². The topological polar surface area (TPSA) is 99.8 Å². The lowest BCUT2D eigenvalue weighted by atomic mass is 9.85. The lowest BCUT2D eigenvalue weighted by molar-refractivity contribution is 0.581. The van der Waals surface area contributed by atoms with E-state index in [4.69, 9.17) is 4.98 Å². The Bertz CT molecular complexity index is 1360. The third kappa shape index (κ3) is 4.41. The average molecular weight is 484 g/mol. The minimum atomic E-state index is -3.51. The molecule has 0 bridgehead atoms. The van der Waals surface area contributed by atoms with Gasteiger partial charge in [-0.2, -0.15) is 5.10 Å². The van der Waals surface area contributed by atoms with Crippen LogP contribution in [0.3, 0.4) is 0 Å². The van der Waals surface area contributed by atoms with Crippen molar-refractivity contribution in [2.45, 2.75) is 70.0 Å². The van der Waals surface area contributed by atoms with Crippen LogP contribution < -0.4 is 10.0 Å². The summed E-state index contributed by atoms with van der Waals surface area (Å²) in [6.07, 6.45) is 3.08. The van der Waals surface area contributed by atoms with Crippen molar-refractivity contribution in [2.75, 3.05) is 10.0 Å². The number of nitrogens with zero attached hydrogens (tertiary/aromatic N) is 2. The number of hydrogen-bond acceptors (Lipinski definition) is 5. The fourth-order valence-electron chi connectivity index (χ4n) is 4.96. The quantitative estimate of drug-likeness (QED) is 0.449. The van der Waals surface area contributed by atoms with Crippen LogP contribution in [0.4, 0.5) is 21.6 Å². The van der Waals surface area contributed by atoms with E-state index in [9.17, 15) is 12.8 Å². The molecule has 9 heteroatoms. The molecule has 7 nitrogen and oxygen atoms in total. The lowest BCUT2D eigenvalue weighted by Gasteiger charge is -2.22. The maximum absolute atomic E-state index is 14.9. The molecular formula is C25H30FN5O2S. The van der Waals surface area contributed by atoms with Crippen LogP contribution in [-0.2, 0) is 21.2 Å². The number of H-pyrrole nitrogens is 1. The fraction of sp³-hybridized carbons (Fsp3) is 0.440. The molecule has 3 N–H and O–H groups in total. The molecule has 0 saturated heterocycles. The Labute approximate surface area is 199 Å². The predicted octanol–water partition coefficient (Wildman–Crippen LogP) is 5.60. The van der Waals surface area contributed by atoms with Crippen LogP contribution in [0.5, 0.6) is 0 Å². The van der Waals surface area contributed by atoms with Crippen LogP contribution >= 0.6 is 0 Å². The molecule has 0 spiro atoms. The summed E-state index contributed by atoms with van der Waals surface area (Å²) in [5, 5.41) is 10.4. The molecule has 34 heavy (non-hydrogen) atoms. The minimum Gasteiger partial charge on any atom is -0.336 e. The summed E-state index contributed by atoms with van der Waals surface area (Å²) in [6, 6.07) is 9.44. The first-order valence-electron chi connectivity index (χ1n) is 11.6. The van der Waals surface area contributed by atoms with Crippen molar-refractivity contribution in [3.8, 4) is 0 Å². The number of anilines is 3. The highest BCUT2D eigenvalue weighted by molar-refractivity contribution is 7.92. The number of aromatic amines is 1. The summed E-state index contributed by atoms with van der Waals surface area (Å²) >= 11 is 0. The molecule has 1 fully saturated rings. The van der Waals surface area contributed by atoms with Gasteiger partial charge >= 0.3 is 0 Å². The zero-order valence-corrected chi connectivity index (χ0v) is 20.7. The molecule has 3 heterocycles. The molecule has 180 valence electrons. The molecule has 0 amide bonds. The molecule has 2 atom stereocenters. The molecule has 5 rings (SSSR count). The van der Waals surface area contributed by atoms with Gasteiger partial charge in [0.1, 0.15) is 0 Å². The molecule has 1 aliphatic heterocycles. The van der Waals surface area contributed by atoms with E-state index in [1.165, 1.54) is 11.6 Å². The second-order valence-corrected chi connectivity index (χ2v) is 12.2. The van der Waals surface area contributed by atoms with E-state index < -0.39 is 15.8 Å². The highest BCUT2D eigenvalue weighted by Gasteiger charge is 2.31. The molecule has 1 aromatic carbocycles. The maximum Gasteiger partial charge on any atom is 0.237 e. The van der Waals surface area contributed by atoms with E-state index >= 15 is 0 Å². The predicted molar refractivity (Wildman–Crippen MR) is 132 cm³/mol. The SMILES string of the molecule is Cc1cc(C(C)(C)C)cc(C2CCC(c3cc(Nc4ccc5c(c4F)CS(=O)(=O)N5)n[nH]3)C2)n1. The van der Waals surface area contributed by atoms with Crippen LogP contribution in [0, 0.1) is 12.7 Å². The van der Waals surface area contributed by atoms with Gasteiger partial charge < -0.3 is 5.32 Å². The smallest absolute Gasteiger partial charge is 0.237 e. The monoisotopic (exact) mass is 483 g/mol. The first-order chi connectivity index (χ1) is 16.0. The summed E-state index contributed by atoms with van der Waals surface area (Å²) in [4.78, 5) is 4.84. The summed E-state index contributed by atoms with van der Waals surface area (Å²) in [6.45, 7) is 8.73. The van der Waals surface area contributed by atoms with Gasteiger partial charge in [-0.3, -0.25) is 14.8 Å². The van der Waals surface area contributed by atoms with Gasteiger partial charge in [0.2, 0.25) is 10.0 Å². The first kappa shape index (κ1) is 22.8. The zero-order valence-electron chi connectivity index (χ0n) is 19.9. The van der Waals surface area contributed by atoms with Crippen LogP contribution in [0.25, 0.3) is 0 Å². The van der Waals surface area contributed by atoms with E-state index in [1.807, 2.05) is 6.07 Å². The minimum absolute atomic E-state index is 0.0808. The Morgan fingerprint density at radius 2 is 1.88 bits per heavy atom. The van der Waals surface area contributed by atoms with Gasteiger partial charge in [0.25, 0.3) is 0 Å². The van der Waals surface area contributed by atoms with Crippen LogP contribution in [-0.4, -0.2) is 23.6 Å². The number of rotatable bonds is 4. The van der Waals surface area contributed by atoms with Crippen molar-refractivity contribution >= 4 is 27.2 Å². The van der Waals surface area contributed by atoms with Gasteiger partial charge in [0.15, 0.2) is 11.6 Å². The maximum atomic E-state index is 14.9. The third-order valence-electron chi connectivity index (χ3n) is 6.83. The standard InChI is InChI=1S/C25H30FN5O2S/c1-14-9-17(25(2,3)4)11-21(27-14)15-5-6-16(10-15)22-12-23(30-29-22)28-20-8-7-19-18(24(20)26)13-34(32,33)31-19/h7-9,11-12,15-16,31H,5-6,10,13H2,1-4H3,(H2,28,29,30). The van der Waals surface area contributed by atoms with Gasteiger partial charge in [-0.25, -0.2) is 12.8 Å². The van der Waals surface area contributed by atoms with Crippen molar-refractivity contribution in [3.05, 3.63) is 64.4 Å². The Kier molecular flexibility index (Phi) is 5.42. The molecule has 1 saturated carbocycles. The number of aryl methyl sites for hydroxylation is 1. The Morgan fingerprint density at radius 3 is 2.65 bits per heavy atom. The lowest BCUT2D eigenvalue weighted by Crippen LogP contribution is -2.13. The number of sulfonamides is 1. The number of benzene rings is 1. The normalized spacial score (nSPS) is 21.3. The van der Waals surface area contributed by atoms with Crippen LogP contribution in [0.2, 0.25) is 0 Å². The molecule has 0 radical (unpaired) electrons. The number of fused-ring (bicyclic) bond motifs is 1. The largest absolute Gasteiger partial charge is 0.336 e. The number of halogens is 1. The molecule has 3 aromatic rings. The van der Waals surface area contributed by atoms with E-state index in [1.54, 1.807) is 6.07 Å². The summed E-state index contributed by atoms with van der Waals surface area (Å²) in [5.41, 5.74) is 5.27. The molecule has 2 unspecified atom stereocenters. The van der Waals surface area contributed by atoms with Gasteiger partial charge in [-0.05, 0) is 61.4 Å².